The molecule has 7 heteroatoms. The highest BCUT2D eigenvalue weighted by atomic mass is 32.1. The first kappa shape index (κ1) is 17.8. The summed E-state index contributed by atoms with van der Waals surface area (Å²) in [6.45, 7) is 0.610. The number of carbonyl (C=O) groups is 2. The predicted octanol–water partition coefficient (Wildman–Crippen LogP) is 2.45. The summed E-state index contributed by atoms with van der Waals surface area (Å²) in [5.41, 5.74) is -0.651. The van der Waals surface area contributed by atoms with Gasteiger partial charge in [-0.1, -0.05) is 12.1 Å². The molecule has 0 aliphatic carbocycles. The van der Waals surface area contributed by atoms with Gasteiger partial charge in [0, 0.05) is 32.4 Å². The molecule has 1 aliphatic heterocycles. The third-order valence-electron chi connectivity index (χ3n) is 4.71. The van der Waals surface area contributed by atoms with E-state index >= 15 is 0 Å². The molecular weight excluding hydrogens is 340 g/mol. The van der Waals surface area contributed by atoms with Crippen LogP contribution in [0.3, 0.4) is 0 Å². The van der Waals surface area contributed by atoms with Crippen LogP contribution >= 0.6 is 11.3 Å². The molecule has 1 saturated heterocycles. The van der Waals surface area contributed by atoms with Gasteiger partial charge in [0.1, 0.15) is 0 Å². The van der Waals surface area contributed by atoms with Crippen LogP contribution in [-0.4, -0.2) is 50.7 Å². The summed E-state index contributed by atoms with van der Waals surface area (Å²) in [5.74, 6) is -1.16. The molecule has 0 saturated carbocycles. The van der Waals surface area contributed by atoms with Gasteiger partial charge in [0.25, 0.3) is 0 Å². The van der Waals surface area contributed by atoms with Crippen molar-refractivity contribution in [1.29, 1.82) is 0 Å². The quantitative estimate of drug-likeness (QED) is 0.770. The Labute approximate surface area is 150 Å². The van der Waals surface area contributed by atoms with Crippen molar-refractivity contribution in [1.82, 2.24) is 9.88 Å². The van der Waals surface area contributed by atoms with Gasteiger partial charge < -0.3 is 15.1 Å². The number of nitrogens with zero attached hydrogens (tertiary/aromatic N) is 2. The number of piperidine rings is 1. The second-order valence-corrected chi connectivity index (χ2v) is 7.62. The van der Waals surface area contributed by atoms with E-state index in [1.54, 1.807) is 16.2 Å². The van der Waals surface area contributed by atoms with E-state index in [0.29, 0.717) is 19.5 Å². The van der Waals surface area contributed by atoms with Crippen molar-refractivity contribution in [2.24, 2.45) is 0 Å². The lowest BCUT2D eigenvalue weighted by molar-refractivity contribution is -0.165. The lowest BCUT2D eigenvalue weighted by Gasteiger charge is -2.35. The van der Waals surface area contributed by atoms with Crippen molar-refractivity contribution in [3.05, 3.63) is 29.3 Å². The summed E-state index contributed by atoms with van der Waals surface area (Å²) in [4.78, 5) is 29.5. The van der Waals surface area contributed by atoms with Crippen LogP contribution in [0.25, 0.3) is 10.2 Å². The fourth-order valence-corrected chi connectivity index (χ4v) is 4.09. The molecule has 1 aromatic heterocycles. The van der Waals surface area contributed by atoms with E-state index in [1.165, 1.54) is 4.70 Å². The Morgan fingerprint density at radius 1 is 1.20 bits per heavy atom. The van der Waals surface area contributed by atoms with Crippen LogP contribution in [0.2, 0.25) is 0 Å². The number of carbonyl (C=O) groups excluding carboxylic acids is 1. The van der Waals surface area contributed by atoms with Crippen LogP contribution in [0.15, 0.2) is 24.3 Å². The van der Waals surface area contributed by atoms with Gasteiger partial charge >= 0.3 is 5.97 Å². The minimum absolute atomic E-state index is 0.0386. The van der Waals surface area contributed by atoms with Gasteiger partial charge in [-0.15, -0.1) is 11.3 Å². The zero-order valence-corrected chi connectivity index (χ0v) is 14.8. The first-order chi connectivity index (χ1) is 12.0. The number of rotatable bonds is 6. The standard InChI is InChI=1S/C18H22N2O4S/c21-16(20-11-9-18(24,10-12-20)17(22)23)8-4-3-7-15-19-13-5-1-2-6-14(13)25-15/h1-2,5-6,24H,3-4,7-12H2,(H,22,23). The van der Waals surface area contributed by atoms with E-state index in [4.69, 9.17) is 5.11 Å². The van der Waals surface area contributed by atoms with Gasteiger partial charge in [-0.05, 0) is 31.4 Å². The minimum atomic E-state index is -1.68. The number of aryl methyl sites for hydroxylation is 1. The number of unbranched alkanes of at least 4 members (excludes halogenated alkanes) is 1. The van der Waals surface area contributed by atoms with E-state index in [0.717, 1.165) is 29.8 Å². The Kier molecular flexibility index (Phi) is 5.34. The van der Waals surface area contributed by atoms with Gasteiger partial charge in [0.2, 0.25) is 5.91 Å². The molecule has 3 rings (SSSR count). The molecule has 2 heterocycles. The van der Waals surface area contributed by atoms with Crippen molar-refractivity contribution >= 4 is 33.4 Å². The first-order valence-corrected chi connectivity index (χ1v) is 9.38. The van der Waals surface area contributed by atoms with Gasteiger partial charge in [0.15, 0.2) is 5.60 Å². The van der Waals surface area contributed by atoms with Crippen molar-refractivity contribution < 1.29 is 19.8 Å². The Hall–Kier alpha value is -1.99. The van der Waals surface area contributed by atoms with E-state index in [2.05, 4.69) is 11.1 Å². The highest BCUT2D eigenvalue weighted by Crippen LogP contribution is 2.24. The monoisotopic (exact) mass is 362 g/mol. The van der Waals surface area contributed by atoms with Crippen LogP contribution in [0, 0.1) is 0 Å². The highest BCUT2D eigenvalue weighted by molar-refractivity contribution is 7.18. The number of likely N-dealkylation sites (tertiary alicyclic amines) is 1. The lowest BCUT2D eigenvalue weighted by Crippen LogP contribution is -2.50. The van der Waals surface area contributed by atoms with Crippen molar-refractivity contribution in [2.75, 3.05) is 13.1 Å². The second kappa shape index (κ2) is 7.49. The Morgan fingerprint density at radius 3 is 2.60 bits per heavy atom. The minimum Gasteiger partial charge on any atom is -0.479 e. The predicted molar refractivity (Wildman–Crippen MR) is 95.6 cm³/mol. The normalized spacial score (nSPS) is 16.9. The largest absolute Gasteiger partial charge is 0.479 e. The van der Waals surface area contributed by atoms with Crippen LogP contribution in [-0.2, 0) is 16.0 Å². The van der Waals surface area contributed by atoms with Crippen molar-refractivity contribution in [2.45, 2.75) is 44.1 Å². The molecular formula is C18H22N2O4S. The summed E-state index contributed by atoms with van der Waals surface area (Å²) in [6.07, 6.45) is 3.20. The summed E-state index contributed by atoms with van der Waals surface area (Å²) in [5, 5.41) is 20.0. The number of fused-ring (bicyclic) bond motifs is 1. The number of aromatic nitrogens is 1. The SMILES string of the molecule is O=C(CCCCc1nc2ccccc2s1)N1CCC(O)(C(=O)O)CC1. The summed E-state index contributed by atoms with van der Waals surface area (Å²) in [6, 6.07) is 8.06. The van der Waals surface area contributed by atoms with Crippen LogP contribution in [0.5, 0.6) is 0 Å². The molecule has 1 fully saturated rings. The van der Waals surface area contributed by atoms with Crippen LogP contribution in [0.4, 0.5) is 0 Å². The molecule has 1 amide bonds. The molecule has 134 valence electrons. The van der Waals surface area contributed by atoms with E-state index < -0.39 is 11.6 Å². The zero-order valence-electron chi connectivity index (χ0n) is 14.0. The van der Waals surface area contributed by atoms with Crippen LogP contribution in [0.1, 0.15) is 37.1 Å². The average Bonchev–Trinajstić information content (AvgIpc) is 3.02. The number of carboxylic acid groups (broad SMARTS) is 1. The van der Waals surface area contributed by atoms with Crippen molar-refractivity contribution in [3.63, 3.8) is 0 Å². The molecule has 2 N–H and O–H groups in total. The van der Waals surface area contributed by atoms with Gasteiger partial charge in [0.05, 0.1) is 15.2 Å². The Balaban J connectivity index is 1.40. The number of thiazole rings is 1. The van der Waals surface area contributed by atoms with E-state index in [9.17, 15) is 14.7 Å². The molecule has 0 bridgehead atoms. The molecule has 6 nitrogen and oxygen atoms in total. The maximum atomic E-state index is 12.2. The van der Waals surface area contributed by atoms with Gasteiger partial charge in [-0.2, -0.15) is 0 Å². The maximum Gasteiger partial charge on any atom is 0.335 e. The fraction of sp³-hybridized carbons (Fsp3) is 0.500. The van der Waals surface area contributed by atoms with E-state index in [-0.39, 0.29) is 18.7 Å². The number of aliphatic carboxylic acids is 1. The summed E-state index contributed by atoms with van der Waals surface area (Å²) >= 11 is 1.70. The smallest absolute Gasteiger partial charge is 0.335 e. The fourth-order valence-electron chi connectivity index (χ4n) is 3.08. The second-order valence-electron chi connectivity index (χ2n) is 6.50. The Morgan fingerprint density at radius 2 is 1.92 bits per heavy atom. The molecule has 1 aromatic carbocycles. The zero-order chi connectivity index (χ0) is 17.9. The third-order valence-corrected chi connectivity index (χ3v) is 5.81. The first-order valence-electron chi connectivity index (χ1n) is 8.56. The summed E-state index contributed by atoms with van der Waals surface area (Å²) < 4.78 is 1.19. The Bertz CT molecular complexity index is 732. The maximum absolute atomic E-state index is 12.2. The molecule has 0 atom stereocenters. The molecule has 25 heavy (non-hydrogen) atoms. The van der Waals surface area contributed by atoms with Crippen molar-refractivity contribution in [3.8, 4) is 0 Å². The topological polar surface area (TPSA) is 90.7 Å². The molecule has 2 aromatic rings. The number of hydrogen-bond donors (Lipinski definition) is 2. The number of carboxylic acids is 1. The molecule has 0 spiro atoms. The highest BCUT2D eigenvalue weighted by Gasteiger charge is 2.40. The van der Waals surface area contributed by atoms with E-state index in [1.807, 2.05) is 18.2 Å². The summed E-state index contributed by atoms with van der Waals surface area (Å²) in [7, 11) is 0. The molecule has 0 radical (unpaired) electrons. The number of para-hydroxylation sites is 1. The molecule has 0 unspecified atom stereocenters. The molecule has 1 aliphatic rings. The number of benzene rings is 1. The van der Waals surface area contributed by atoms with Gasteiger partial charge in [-0.3, -0.25) is 4.79 Å². The van der Waals surface area contributed by atoms with Crippen LogP contribution < -0.4 is 0 Å². The van der Waals surface area contributed by atoms with Gasteiger partial charge in [-0.25, -0.2) is 9.78 Å². The number of aliphatic hydroxyl groups is 1. The lowest BCUT2D eigenvalue weighted by atomic mass is 9.91. The average molecular weight is 362 g/mol. The number of amides is 1. The third kappa shape index (κ3) is 4.16. The number of hydrogen-bond acceptors (Lipinski definition) is 5.